The molecule has 0 atom stereocenters. The van der Waals surface area contributed by atoms with Gasteiger partial charge in [-0.3, -0.25) is 9.55 Å². The molecule has 0 aliphatic heterocycles. The third-order valence-corrected chi connectivity index (χ3v) is 8.16. The van der Waals surface area contributed by atoms with Gasteiger partial charge in [0.25, 0.3) is 0 Å². The van der Waals surface area contributed by atoms with Gasteiger partial charge in [0.2, 0.25) is 10.0 Å². The maximum atomic E-state index is 13.9. The average Bonchev–Trinajstić information content (AvgIpc) is 2.73. The van der Waals surface area contributed by atoms with Gasteiger partial charge >= 0.3 is 42.8 Å². The van der Waals surface area contributed by atoms with Crippen LogP contribution in [0.5, 0.6) is 0 Å². The van der Waals surface area contributed by atoms with Crippen molar-refractivity contribution in [1.29, 1.82) is 0 Å². The average molecular weight is 603 g/mol. The van der Waals surface area contributed by atoms with Crippen molar-refractivity contribution < 1.29 is 31.6 Å². The van der Waals surface area contributed by atoms with Gasteiger partial charge < -0.3 is 9.79 Å². The zero-order valence-electron chi connectivity index (χ0n) is 16.7. The molecule has 1 heterocycles. The topological polar surface area (TPSA) is 131 Å². The number of pyridine rings is 1. The number of benzene rings is 2. The van der Waals surface area contributed by atoms with Crippen LogP contribution in [0.15, 0.2) is 70.2 Å². The Bertz CT molecular complexity index is 1320. The molecule has 0 aliphatic rings. The van der Waals surface area contributed by atoms with Crippen LogP contribution in [0.25, 0.3) is 11.3 Å². The molecule has 0 fully saturated rings. The Balaban J connectivity index is 0.00000408. The monoisotopic (exact) mass is 602 g/mol. The van der Waals surface area contributed by atoms with Gasteiger partial charge in [-0.1, -0.05) is 46.3 Å². The van der Waals surface area contributed by atoms with Gasteiger partial charge in [0.1, 0.15) is 0 Å². The van der Waals surface area contributed by atoms with E-state index in [-0.39, 0.29) is 38.9 Å². The van der Waals surface area contributed by atoms with Gasteiger partial charge in [-0.05, 0) is 35.4 Å². The summed E-state index contributed by atoms with van der Waals surface area (Å²) in [7, 11) is -9.46. The molecule has 3 aromatic rings. The number of primary sulfonamides is 1. The first-order valence-corrected chi connectivity index (χ1v) is 14.3. The molecular weight excluding hydrogens is 584 g/mol. The van der Waals surface area contributed by atoms with Crippen LogP contribution in [0.2, 0.25) is 0 Å². The Morgan fingerprint density at radius 2 is 1.71 bits per heavy atom. The fourth-order valence-corrected chi connectivity index (χ4v) is 5.67. The van der Waals surface area contributed by atoms with E-state index in [1.807, 2.05) is 6.07 Å². The molecule has 2 aromatic carbocycles. The van der Waals surface area contributed by atoms with Gasteiger partial charge in [0, 0.05) is 33.3 Å². The molecule has 0 amide bonds. The van der Waals surface area contributed by atoms with Gasteiger partial charge in [-0.25, -0.2) is 13.6 Å². The van der Waals surface area contributed by atoms with E-state index in [2.05, 4.69) is 20.9 Å². The van der Waals surface area contributed by atoms with Crippen LogP contribution in [0, 0.1) is 0 Å². The van der Waals surface area contributed by atoms with Crippen LogP contribution >= 0.6 is 35.3 Å². The van der Waals surface area contributed by atoms with Crippen LogP contribution in [0.1, 0.15) is 16.7 Å². The van der Waals surface area contributed by atoms with Crippen molar-refractivity contribution in [1.82, 2.24) is 4.98 Å². The number of nitrogens with two attached hydrogens (primary N) is 1. The van der Waals surface area contributed by atoms with Crippen molar-refractivity contribution in [3.63, 3.8) is 0 Å². The summed E-state index contributed by atoms with van der Waals surface area (Å²) < 4.78 is 61.9. The van der Waals surface area contributed by atoms with Crippen molar-refractivity contribution in [2.24, 2.45) is 5.14 Å². The Hall–Kier alpha value is -0.660. The fraction of sp³-hybridized carbons (Fsp3) is 0.150. The standard InChI is InChI=1S/C20H18BrF2N2O5PS2.Na.H/c21-18-8-13(4-6-17(18)20(22,23)31(26,27)28)11-32-12-14-5-7-19(25-10-14)15-2-1-3-16(9-15)33(24,29)30;;/h1-10H,11-12H2,(H2,24,29,30)(H2,26,27,28);;. The molecule has 0 saturated carbocycles. The molecule has 0 radical (unpaired) electrons. The second-order valence-electron chi connectivity index (χ2n) is 7.02. The molecule has 14 heteroatoms. The summed E-state index contributed by atoms with van der Waals surface area (Å²) in [6, 6.07) is 13.6. The van der Waals surface area contributed by atoms with Gasteiger partial charge in [-0.2, -0.15) is 20.5 Å². The Labute approximate surface area is 230 Å². The molecule has 0 saturated heterocycles. The van der Waals surface area contributed by atoms with E-state index >= 15 is 0 Å². The summed E-state index contributed by atoms with van der Waals surface area (Å²) in [5.41, 5.74) is -2.26. The molecule has 4 N–H and O–H groups in total. The van der Waals surface area contributed by atoms with Gasteiger partial charge in [0.15, 0.2) is 0 Å². The van der Waals surface area contributed by atoms with Crippen molar-refractivity contribution in [3.8, 4) is 11.3 Å². The van der Waals surface area contributed by atoms with Crippen molar-refractivity contribution in [2.75, 3.05) is 0 Å². The SMILES string of the molecule is NS(=O)(=O)c1cccc(-c2ccc(CSCc3ccc(C(F)(F)P(=O)(O)O)c(Br)c3)cn2)c1.[NaH]. The van der Waals surface area contributed by atoms with Gasteiger partial charge in [-0.15, -0.1) is 0 Å². The number of aromatic nitrogens is 1. The summed E-state index contributed by atoms with van der Waals surface area (Å²) in [5, 5.41) is 5.16. The summed E-state index contributed by atoms with van der Waals surface area (Å²) in [6.07, 6.45) is 1.66. The third kappa shape index (κ3) is 7.19. The minimum absolute atomic E-state index is 0. The number of hydrogen-bond acceptors (Lipinski definition) is 5. The second-order valence-corrected chi connectivity index (χ2v) is 12.1. The maximum absolute atomic E-state index is 13.9. The Morgan fingerprint density at radius 3 is 2.26 bits per heavy atom. The van der Waals surface area contributed by atoms with E-state index in [0.29, 0.717) is 28.3 Å². The summed E-state index contributed by atoms with van der Waals surface area (Å²) in [6.45, 7) is 0. The molecule has 0 unspecified atom stereocenters. The Morgan fingerprint density at radius 1 is 1.06 bits per heavy atom. The predicted octanol–water partition coefficient (Wildman–Crippen LogP) is 4.17. The van der Waals surface area contributed by atoms with E-state index < -0.39 is 28.8 Å². The Kier molecular flexibility index (Phi) is 10.1. The van der Waals surface area contributed by atoms with Crippen molar-refractivity contribution >= 4 is 74.9 Å². The van der Waals surface area contributed by atoms with Crippen molar-refractivity contribution in [3.05, 3.63) is 82.0 Å². The number of sulfonamides is 1. The molecule has 7 nitrogen and oxygen atoms in total. The minimum atomic E-state index is -5.64. The van der Waals surface area contributed by atoms with Crippen LogP contribution in [0.3, 0.4) is 0 Å². The quantitative estimate of drug-likeness (QED) is 0.260. The van der Waals surface area contributed by atoms with Crippen molar-refractivity contribution in [2.45, 2.75) is 22.1 Å². The molecule has 0 spiro atoms. The van der Waals surface area contributed by atoms with E-state index in [4.69, 9.17) is 14.9 Å². The molecule has 0 aliphatic carbocycles. The van der Waals surface area contributed by atoms with Gasteiger partial charge in [0.05, 0.1) is 10.6 Å². The number of hydrogen-bond donors (Lipinski definition) is 3. The van der Waals surface area contributed by atoms with Crippen LogP contribution < -0.4 is 5.14 Å². The summed E-state index contributed by atoms with van der Waals surface area (Å²) in [5.74, 6) is 1.04. The van der Waals surface area contributed by atoms with Crippen LogP contribution in [-0.4, -0.2) is 52.7 Å². The first-order valence-electron chi connectivity index (χ1n) is 9.17. The predicted molar refractivity (Wildman–Crippen MR) is 133 cm³/mol. The summed E-state index contributed by atoms with van der Waals surface area (Å²) in [4.78, 5) is 22.2. The normalized spacial score (nSPS) is 12.3. The molecular formula is C20H19BrF2N2NaO5PS2. The van der Waals surface area contributed by atoms with E-state index in [1.165, 1.54) is 36.0 Å². The first-order chi connectivity index (χ1) is 15.3. The van der Waals surface area contributed by atoms with E-state index in [9.17, 15) is 21.8 Å². The fourth-order valence-electron chi connectivity index (χ4n) is 2.85. The van der Waals surface area contributed by atoms with E-state index in [1.54, 1.807) is 24.4 Å². The number of nitrogens with zero attached hydrogens (tertiary/aromatic N) is 1. The molecule has 3 rings (SSSR count). The molecule has 0 bridgehead atoms. The zero-order valence-corrected chi connectivity index (χ0v) is 20.8. The third-order valence-electron chi connectivity index (χ3n) is 4.54. The van der Waals surface area contributed by atoms with Crippen LogP contribution in [0.4, 0.5) is 8.78 Å². The number of rotatable bonds is 8. The van der Waals surface area contributed by atoms with Crippen LogP contribution in [-0.2, 0) is 31.8 Å². The summed E-state index contributed by atoms with van der Waals surface area (Å²) >= 11 is 4.47. The molecule has 178 valence electrons. The number of alkyl halides is 2. The number of thioether (sulfide) groups is 1. The zero-order chi connectivity index (χ0) is 24.4. The van der Waals surface area contributed by atoms with E-state index in [0.717, 1.165) is 11.6 Å². The number of halogens is 3. The first kappa shape index (κ1) is 29.6. The molecule has 1 aromatic heterocycles. The molecule has 34 heavy (non-hydrogen) atoms. The second kappa shape index (κ2) is 11.6.